The van der Waals surface area contributed by atoms with Crippen molar-refractivity contribution >= 4 is 41.2 Å². The van der Waals surface area contributed by atoms with Crippen LogP contribution in [0.3, 0.4) is 0 Å². The monoisotopic (exact) mass is 311 g/mol. The molecule has 1 heterocycles. The molecule has 0 N–H and O–H groups in total. The van der Waals surface area contributed by atoms with Gasteiger partial charge in [0.1, 0.15) is 0 Å². The zero-order chi connectivity index (χ0) is 9.42. The van der Waals surface area contributed by atoms with Gasteiger partial charge in [-0.2, -0.15) is 0 Å². The van der Waals surface area contributed by atoms with E-state index in [9.17, 15) is 8.78 Å². The van der Waals surface area contributed by atoms with Crippen LogP contribution in [0.5, 0.6) is 0 Å². The van der Waals surface area contributed by atoms with Gasteiger partial charge in [-0.1, -0.05) is 0 Å². The molecule has 0 saturated carbocycles. The molecular formula is C8H4F2INS. The molecule has 0 unspecified atom stereocenters. The van der Waals surface area contributed by atoms with Gasteiger partial charge >= 0.3 is 0 Å². The minimum atomic E-state index is -0.802. The summed E-state index contributed by atoms with van der Waals surface area (Å²) in [5.41, 5.74) is 0.693. The number of nitrogens with zero attached hydrogens (tertiary/aromatic N) is 1. The Hall–Kier alpha value is -0.300. The van der Waals surface area contributed by atoms with Gasteiger partial charge in [-0.3, -0.25) is 3.97 Å². The minimum absolute atomic E-state index is 0.323. The van der Waals surface area contributed by atoms with Crippen molar-refractivity contribution in [1.82, 2.24) is 3.97 Å². The predicted octanol–water partition coefficient (Wildman–Crippen LogP) is 3.77. The van der Waals surface area contributed by atoms with E-state index in [1.807, 2.05) is 0 Å². The topological polar surface area (TPSA) is 4.93 Å². The summed E-state index contributed by atoms with van der Waals surface area (Å²) in [6.45, 7) is 0. The Kier molecular flexibility index (Phi) is 2.46. The second-order valence-electron chi connectivity index (χ2n) is 2.50. The Morgan fingerprint density at radius 2 is 2.00 bits per heavy atom. The highest BCUT2D eigenvalue weighted by Gasteiger charge is 2.09. The van der Waals surface area contributed by atoms with Crippen LogP contribution in [0, 0.1) is 11.6 Å². The van der Waals surface area contributed by atoms with Crippen molar-refractivity contribution in [3.8, 4) is 0 Å². The average molecular weight is 311 g/mol. The van der Waals surface area contributed by atoms with E-state index >= 15 is 0 Å². The fourth-order valence-corrected chi connectivity index (χ4v) is 2.56. The first-order valence-electron chi connectivity index (χ1n) is 3.48. The number of fused-ring (bicyclic) bond motifs is 1. The number of benzene rings is 1. The normalized spacial score (nSPS) is 11.0. The molecule has 0 spiro atoms. The van der Waals surface area contributed by atoms with Crippen molar-refractivity contribution in [2.24, 2.45) is 0 Å². The summed E-state index contributed by atoms with van der Waals surface area (Å²) in [6, 6.07) is 4.28. The summed E-state index contributed by atoms with van der Waals surface area (Å²) in [5, 5.41) is 0.323. The first kappa shape index (κ1) is 9.26. The smallest absolute Gasteiger partial charge is 0.168 e. The van der Waals surface area contributed by atoms with Crippen LogP contribution in [0.1, 0.15) is 0 Å². The SMILES string of the molecule is Fc1ccc2c(ccn2SI)c1F. The first-order valence-corrected chi connectivity index (χ1v) is 6.80. The van der Waals surface area contributed by atoms with Crippen LogP contribution in [0.2, 0.25) is 0 Å². The summed E-state index contributed by atoms with van der Waals surface area (Å²) in [6.07, 6.45) is 1.71. The van der Waals surface area contributed by atoms with Gasteiger partial charge in [0.05, 0.1) is 5.52 Å². The molecule has 1 aromatic carbocycles. The van der Waals surface area contributed by atoms with Gasteiger partial charge in [0.2, 0.25) is 0 Å². The van der Waals surface area contributed by atoms with Crippen molar-refractivity contribution in [2.75, 3.05) is 0 Å². The Morgan fingerprint density at radius 3 is 2.69 bits per heavy atom. The lowest BCUT2D eigenvalue weighted by Crippen LogP contribution is -1.85. The Balaban J connectivity index is 2.81. The molecular weight excluding hydrogens is 307 g/mol. The molecule has 0 atom stereocenters. The maximum atomic E-state index is 13.1. The lowest BCUT2D eigenvalue weighted by Gasteiger charge is -1.98. The number of hydrogen-bond donors (Lipinski definition) is 0. The van der Waals surface area contributed by atoms with Gasteiger partial charge < -0.3 is 0 Å². The molecule has 0 fully saturated rings. The lowest BCUT2D eigenvalue weighted by molar-refractivity contribution is 0.517. The third-order valence-corrected chi connectivity index (χ3v) is 3.54. The summed E-state index contributed by atoms with van der Waals surface area (Å²) in [7, 11) is 1.42. The van der Waals surface area contributed by atoms with Crippen molar-refractivity contribution < 1.29 is 8.78 Å². The molecule has 2 aromatic rings. The largest absolute Gasteiger partial charge is 0.282 e. The molecule has 0 amide bonds. The molecule has 1 aromatic heterocycles. The summed E-state index contributed by atoms with van der Waals surface area (Å²) < 4.78 is 27.7. The molecule has 0 aliphatic heterocycles. The van der Waals surface area contributed by atoms with E-state index in [-0.39, 0.29) is 0 Å². The maximum absolute atomic E-state index is 13.1. The lowest BCUT2D eigenvalue weighted by atomic mass is 10.2. The van der Waals surface area contributed by atoms with Gasteiger partial charge in [-0.05, 0) is 18.2 Å². The standard InChI is InChI=1S/C8H4F2INS/c9-6-1-2-7-5(8(6)10)3-4-12(7)13-11/h1-4H. The van der Waals surface area contributed by atoms with Crippen molar-refractivity contribution in [2.45, 2.75) is 0 Å². The van der Waals surface area contributed by atoms with Crippen LogP contribution in [0.4, 0.5) is 8.78 Å². The summed E-state index contributed by atoms with van der Waals surface area (Å²) in [5.74, 6) is -1.58. The van der Waals surface area contributed by atoms with E-state index in [0.717, 1.165) is 6.07 Å². The van der Waals surface area contributed by atoms with Crippen LogP contribution in [-0.4, -0.2) is 3.97 Å². The number of halogens is 3. The van der Waals surface area contributed by atoms with Crippen LogP contribution in [-0.2, 0) is 0 Å². The Bertz CT molecular complexity index is 455. The van der Waals surface area contributed by atoms with E-state index < -0.39 is 11.6 Å². The van der Waals surface area contributed by atoms with Gasteiger partial charge in [0, 0.05) is 41.9 Å². The fourth-order valence-electron chi connectivity index (χ4n) is 1.19. The summed E-state index contributed by atoms with van der Waals surface area (Å²) >= 11 is 2.08. The van der Waals surface area contributed by atoms with Gasteiger partial charge in [-0.15, -0.1) is 0 Å². The third-order valence-electron chi connectivity index (χ3n) is 1.80. The number of hydrogen-bond acceptors (Lipinski definition) is 1. The fraction of sp³-hybridized carbons (Fsp3) is 0. The first-order chi connectivity index (χ1) is 6.24. The van der Waals surface area contributed by atoms with E-state index in [2.05, 4.69) is 21.2 Å². The molecule has 68 valence electrons. The van der Waals surface area contributed by atoms with Crippen LogP contribution in [0.15, 0.2) is 24.4 Å². The van der Waals surface area contributed by atoms with Gasteiger partial charge in [0.15, 0.2) is 11.6 Å². The number of rotatable bonds is 1. The highest BCUT2D eigenvalue weighted by Crippen LogP contribution is 2.27. The van der Waals surface area contributed by atoms with E-state index in [0.29, 0.717) is 10.9 Å². The van der Waals surface area contributed by atoms with Crippen LogP contribution in [0.25, 0.3) is 10.9 Å². The van der Waals surface area contributed by atoms with Crippen molar-refractivity contribution in [1.29, 1.82) is 0 Å². The molecule has 0 aliphatic carbocycles. The predicted molar refractivity (Wildman–Crippen MR) is 58.9 cm³/mol. The molecule has 0 bridgehead atoms. The zero-order valence-corrected chi connectivity index (χ0v) is 9.27. The molecule has 2 rings (SSSR count). The van der Waals surface area contributed by atoms with E-state index in [1.165, 1.54) is 9.12 Å². The van der Waals surface area contributed by atoms with Crippen molar-refractivity contribution in [3.05, 3.63) is 36.0 Å². The summed E-state index contributed by atoms with van der Waals surface area (Å²) in [4.78, 5) is 0. The Labute approximate surface area is 89.8 Å². The highest BCUT2D eigenvalue weighted by molar-refractivity contribution is 14.2. The van der Waals surface area contributed by atoms with Crippen molar-refractivity contribution in [3.63, 3.8) is 0 Å². The Morgan fingerprint density at radius 1 is 1.23 bits per heavy atom. The van der Waals surface area contributed by atoms with Gasteiger partial charge in [0.25, 0.3) is 0 Å². The number of aromatic nitrogens is 1. The zero-order valence-electron chi connectivity index (χ0n) is 6.30. The third kappa shape index (κ3) is 1.43. The van der Waals surface area contributed by atoms with E-state index in [1.54, 1.807) is 22.3 Å². The molecule has 1 nitrogen and oxygen atoms in total. The van der Waals surface area contributed by atoms with Crippen LogP contribution < -0.4 is 0 Å². The second-order valence-corrected chi connectivity index (χ2v) is 4.22. The quantitative estimate of drug-likeness (QED) is 0.726. The molecule has 5 heteroatoms. The van der Waals surface area contributed by atoms with Crippen LogP contribution >= 0.6 is 30.3 Å². The average Bonchev–Trinajstić information content (AvgIpc) is 2.55. The maximum Gasteiger partial charge on any atom is 0.168 e. The van der Waals surface area contributed by atoms with E-state index in [4.69, 9.17) is 0 Å². The molecule has 0 radical (unpaired) electrons. The molecule has 0 saturated heterocycles. The highest BCUT2D eigenvalue weighted by atomic mass is 127. The second kappa shape index (κ2) is 3.45. The van der Waals surface area contributed by atoms with Gasteiger partial charge in [-0.25, -0.2) is 8.78 Å². The minimum Gasteiger partial charge on any atom is -0.282 e. The molecule has 13 heavy (non-hydrogen) atoms. The molecule has 0 aliphatic rings.